The van der Waals surface area contributed by atoms with Crippen molar-refractivity contribution in [2.24, 2.45) is 0 Å². The first-order valence-electron chi connectivity index (χ1n) is 5.94. The van der Waals surface area contributed by atoms with Crippen LogP contribution >= 0.6 is 45.8 Å². The van der Waals surface area contributed by atoms with Crippen LogP contribution in [0.1, 0.15) is 11.5 Å². The number of aromatic nitrogens is 5. The summed E-state index contributed by atoms with van der Waals surface area (Å²) in [5.41, 5.74) is 1.80. The summed E-state index contributed by atoms with van der Waals surface area (Å²) in [5, 5.41) is 5.43. The molecule has 0 amide bonds. The number of nitrogens with zero attached hydrogens (tertiary/aromatic N) is 5. The van der Waals surface area contributed by atoms with Gasteiger partial charge in [-0.2, -0.15) is 5.10 Å². The van der Waals surface area contributed by atoms with Crippen LogP contribution in [0.15, 0.2) is 36.8 Å². The zero-order valence-electron chi connectivity index (χ0n) is 10.5. The van der Waals surface area contributed by atoms with Gasteiger partial charge in [-0.05, 0) is 40.8 Å². The molecule has 3 heterocycles. The molecule has 0 saturated heterocycles. The fraction of sp³-hybridized carbons (Fsp3) is 0.0769. The Balaban J connectivity index is 1.95. The molecule has 0 unspecified atom stereocenters. The molecule has 8 heteroatoms. The smallest absolute Gasteiger partial charge is 0.134 e. The predicted molar refractivity (Wildman–Crippen MR) is 88.9 cm³/mol. The summed E-state index contributed by atoms with van der Waals surface area (Å²) in [6.45, 7) is 0. The Labute approximate surface area is 144 Å². The number of rotatable bonds is 3. The SMILES string of the molecule is Clc1cnc(Cc2cc(I)nn2-c2ccc(Cl)nc2)nc1. The second-order valence-corrected chi connectivity index (χ2v) is 6.13. The minimum atomic E-state index is 0.447. The lowest BCUT2D eigenvalue weighted by molar-refractivity contribution is 0.795. The maximum atomic E-state index is 5.81. The molecule has 0 spiro atoms. The van der Waals surface area contributed by atoms with Gasteiger partial charge in [0.25, 0.3) is 0 Å². The third-order valence-electron chi connectivity index (χ3n) is 2.72. The summed E-state index contributed by atoms with van der Waals surface area (Å²) in [7, 11) is 0. The largest absolute Gasteiger partial charge is 0.242 e. The molecule has 0 aliphatic rings. The maximum absolute atomic E-state index is 5.81. The van der Waals surface area contributed by atoms with Crippen molar-refractivity contribution in [2.45, 2.75) is 6.42 Å². The van der Waals surface area contributed by atoms with Gasteiger partial charge in [0.1, 0.15) is 14.7 Å². The number of hydrogen-bond acceptors (Lipinski definition) is 4. The Morgan fingerprint density at radius 1 is 1.05 bits per heavy atom. The molecule has 0 fully saturated rings. The molecule has 0 aliphatic heterocycles. The van der Waals surface area contributed by atoms with Gasteiger partial charge in [-0.3, -0.25) is 0 Å². The number of pyridine rings is 1. The van der Waals surface area contributed by atoms with Crippen molar-refractivity contribution < 1.29 is 0 Å². The highest BCUT2D eigenvalue weighted by Gasteiger charge is 2.11. The first-order valence-corrected chi connectivity index (χ1v) is 7.78. The van der Waals surface area contributed by atoms with E-state index in [1.807, 2.05) is 16.8 Å². The van der Waals surface area contributed by atoms with Gasteiger partial charge in [-0.1, -0.05) is 23.2 Å². The molecule has 0 aromatic carbocycles. The van der Waals surface area contributed by atoms with Gasteiger partial charge in [-0.25, -0.2) is 19.6 Å². The van der Waals surface area contributed by atoms with Gasteiger partial charge in [0.05, 0.1) is 29.0 Å². The van der Waals surface area contributed by atoms with E-state index in [1.54, 1.807) is 24.7 Å². The molecule has 21 heavy (non-hydrogen) atoms. The lowest BCUT2D eigenvalue weighted by Crippen LogP contribution is -2.05. The summed E-state index contributed by atoms with van der Waals surface area (Å²) in [6, 6.07) is 5.58. The fourth-order valence-electron chi connectivity index (χ4n) is 1.82. The topological polar surface area (TPSA) is 56.5 Å². The third kappa shape index (κ3) is 3.50. The highest BCUT2D eigenvalue weighted by Crippen LogP contribution is 2.17. The van der Waals surface area contributed by atoms with E-state index in [9.17, 15) is 0 Å². The van der Waals surface area contributed by atoms with Gasteiger partial charge in [0.2, 0.25) is 0 Å². The van der Waals surface area contributed by atoms with Crippen molar-refractivity contribution in [2.75, 3.05) is 0 Å². The lowest BCUT2D eigenvalue weighted by atomic mass is 10.3. The van der Waals surface area contributed by atoms with Crippen molar-refractivity contribution in [3.05, 3.63) is 62.2 Å². The highest BCUT2D eigenvalue weighted by atomic mass is 127. The standard InChI is InChI=1S/C13H8Cl2IN5/c14-8-5-18-13(19-6-8)4-10-3-12(16)20-21(10)9-1-2-11(15)17-7-9/h1-3,5-7H,4H2. The molecule has 0 radical (unpaired) electrons. The van der Waals surface area contributed by atoms with E-state index >= 15 is 0 Å². The van der Waals surface area contributed by atoms with E-state index < -0.39 is 0 Å². The Hall–Kier alpha value is -1.25. The summed E-state index contributed by atoms with van der Waals surface area (Å²) >= 11 is 13.8. The Morgan fingerprint density at radius 2 is 1.81 bits per heavy atom. The van der Waals surface area contributed by atoms with Gasteiger partial charge in [0, 0.05) is 12.4 Å². The molecule has 5 nitrogen and oxygen atoms in total. The molecule has 0 N–H and O–H groups in total. The molecule has 0 atom stereocenters. The van der Waals surface area contributed by atoms with Gasteiger partial charge >= 0.3 is 0 Å². The molecule has 3 aromatic rings. The highest BCUT2D eigenvalue weighted by molar-refractivity contribution is 14.1. The van der Waals surface area contributed by atoms with Crippen LogP contribution < -0.4 is 0 Å². The number of hydrogen-bond donors (Lipinski definition) is 0. The van der Waals surface area contributed by atoms with Crippen molar-refractivity contribution >= 4 is 45.8 Å². The minimum Gasteiger partial charge on any atom is -0.242 e. The van der Waals surface area contributed by atoms with Crippen molar-refractivity contribution in [3.8, 4) is 5.69 Å². The molecular weight excluding hydrogens is 424 g/mol. The van der Waals surface area contributed by atoms with Crippen LogP contribution in [0.4, 0.5) is 0 Å². The van der Waals surface area contributed by atoms with E-state index in [-0.39, 0.29) is 0 Å². The van der Waals surface area contributed by atoms with Crippen LogP contribution in [0, 0.1) is 3.70 Å². The lowest BCUT2D eigenvalue weighted by Gasteiger charge is -2.06. The van der Waals surface area contributed by atoms with Crippen LogP contribution in [-0.4, -0.2) is 24.7 Å². The van der Waals surface area contributed by atoms with Crippen molar-refractivity contribution in [1.82, 2.24) is 24.7 Å². The molecule has 0 saturated carbocycles. The summed E-state index contributed by atoms with van der Waals surface area (Å²) in [4.78, 5) is 12.5. The summed E-state index contributed by atoms with van der Waals surface area (Å²) in [6.07, 6.45) is 5.40. The van der Waals surface area contributed by atoms with E-state index in [0.29, 0.717) is 22.4 Å². The molecule has 3 rings (SSSR count). The van der Waals surface area contributed by atoms with Crippen LogP contribution in [0.5, 0.6) is 0 Å². The zero-order valence-corrected chi connectivity index (χ0v) is 14.2. The predicted octanol–water partition coefficient (Wildman–Crippen LogP) is 3.56. The van der Waals surface area contributed by atoms with Crippen LogP contribution in [0.25, 0.3) is 5.69 Å². The average molecular weight is 432 g/mol. The van der Waals surface area contributed by atoms with Crippen LogP contribution in [0.3, 0.4) is 0 Å². The normalized spacial score (nSPS) is 10.8. The van der Waals surface area contributed by atoms with Gasteiger partial charge < -0.3 is 0 Å². The molecular formula is C13H8Cl2IN5. The van der Waals surface area contributed by atoms with Gasteiger partial charge in [-0.15, -0.1) is 0 Å². The molecule has 0 aliphatic carbocycles. The van der Waals surface area contributed by atoms with Gasteiger partial charge in [0.15, 0.2) is 0 Å². The summed E-state index contributed by atoms with van der Waals surface area (Å²) < 4.78 is 2.69. The summed E-state index contributed by atoms with van der Waals surface area (Å²) in [5.74, 6) is 0.680. The zero-order chi connectivity index (χ0) is 14.8. The number of halogens is 3. The minimum absolute atomic E-state index is 0.447. The first kappa shape index (κ1) is 14.7. The first-order chi connectivity index (χ1) is 10.1. The third-order valence-corrected chi connectivity index (χ3v) is 3.67. The van der Waals surface area contributed by atoms with Crippen LogP contribution in [-0.2, 0) is 6.42 Å². The second kappa shape index (κ2) is 6.25. The Kier molecular flexibility index (Phi) is 4.37. The van der Waals surface area contributed by atoms with Crippen LogP contribution in [0.2, 0.25) is 10.2 Å². The Morgan fingerprint density at radius 3 is 2.48 bits per heavy atom. The van der Waals surface area contributed by atoms with E-state index in [2.05, 4.69) is 42.6 Å². The van der Waals surface area contributed by atoms with E-state index in [0.717, 1.165) is 15.1 Å². The van der Waals surface area contributed by atoms with Crippen molar-refractivity contribution in [3.63, 3.8) is 0 Å². The quantitative estimate of drug-likeness (QED) is 0.470. The molecule has 3 aromatic heterocycles. The Bertz CT molecular complexity index is 755. The molecule has 106 valence electrons. The maximum Gasteiger partial charge on any atom is 0.134 e. The van der Waals surface area contributed by atoms with E-state index in [4.69, 9.17) is 23.2 Å². The van der Waals surface area contributed by atoms with E-state index in [1.165, 1.54) is 0 Å². The fourth-order valence-corrected chi connectivity index (χ4v) is 2.61. The second-order valence-electron chi connectivity index (χ2n) is 4.20. The average Bonchev–Trinajstić information content (AvgIpc) is 2.83. The van der Waals surface area contributed by atoms with Crippen molar-refractivity contribution in [1.29, 1.82) is 0 Å². The molecule has 0 bridgehead atoms. The monoisotopic (exact) mass is 431 g/mol.